The Hall–Kier alpha value is -3.00. The molecule has 1 aliphatic rings. The van der Waals surface area contributed by atoms with E-state index in [4.69, 9.17) is 33.0 Å². The van der Waals surface area contributed by atoms with Crippen LogP contribution < -0.4 is 15.0 Å². The Morgan fingerprint density at radius 2 is 1.82 bits per heavy atom. The minimum atomic E-state index is -0.208. The molecule has 1 aliphatic heterocycles. The summed E-state index contributed by atoms with van der Waals surface area (Å²) in [5.74, 6) is 1.58. The largest absolute Gasteiger partial charge is 0.497 e. The van der Waals surface area contributed by atoms with E-state index in [9.17, 15) is 0 Å². The van der Waals surface area contributed by atoms with Gasteiger partial charge >= 0.3 is 0 Å². The molecule has 2 atom stereocenters. The number of anilines is 1. The Morgan fingerprint density at radius 3 is 2.52 bits per heavy atom. The van der Waals surface area contributed by atoms with Crippen LogP contribution in [-0.2, 0) is 0 Å². The predicted octanol–water partition coefficient (Wildman–Crippen LogP) is 6.66. The maximum Gasteiger partial charge on any atom is 0.174 e. The van der Waals surface area contributed by atoms with Gasteiger partial charge in [-0.05, 0) is 85.0 Å². The number of ether oxygens (including phenoxy) is 1. The molecule has 0 saturated carbocycles. The van der Waals surface area contributed by atoms with Crippen LogP contribution in [0, 0.1) is 0 Å². The van der Waals surface area contributed by atoms with Crippen molar-refractivity contribution in [2.75, 3.05) is 12.0 Å². The van der Waals surface area contributed by atoms with Crippen LogP contribution in [0.15, 0.2) is 99.5 Å². The van der Waals surface area contributed by atoms with Crippen molar-refractivity contribution < 1.29 is 9.15 Å². The minimum Gasteiger partial charge on any atom is -0.497 e. The second-order valence-corrected chi connectivity index (χ2v) is 9.31. The molecular weight excluding hydrogens is 474 g/mol. The molecule has 1 N–H and O–H groups in total. The number of thiocarbonyl (C=S) groups is 1. The summed E-state index contributed by atoms with van der Waals surface area (Å²) in [6.45, 7) is 0. The molecule has 3 heterocycles. The lowest BCUT2D eigenvalue weighted by Gasteiger charge is -2.26. The van der Waals surface area contributed by atoms with Crippen LogP contribution in [0.1, 0.15) is 23.5 Å². The summed E-state index contributed by atoms with van der Waals surface area (Å²) in [4.78, 5) is 7.70. The number of hydrogen-bond acceptors (Lipinski definition) is 5. The van der Waals surface area contributed by atoms with Gasteiger partial charge in [0.25, 0.3) is 0 Å². The number of nitrogens with one attached hydrogen (secondary N) is 1. The van der Waals surface area contributed by atoms with Crippen molar-refractivity contribution in [3.8, 4) is 5.75 Å². The number of methoxy groups -OCH3 is 1. The van der Waals surface area contributed by atoms with Crippen LogP contribution in [-0.4, -0.2) is 17.2 Å². The van der Waals surface area contributed by atoms with Crippen molar-refractivity contribution in [2.24, 2.45) is 0 Å². The number of nitrogens with zero attached hydrogens (tertiary/aromatic N) is 2. The smallest absolute Gasteiger partial charge is 0.174 e. The van der Waals surface area contributed by atoms with Gasteiger partial charge in [0.15, 0.2) is 10.2 Å². The van der Waals surface area contributed by atoms with E-state index in [2.05, 4.69) is 15.2 Å². The van der Waals surface area contributed by atoms with E-state index < -0.39 is 0 Å². The molecule has 5 nitrogen and oxygen atoms in total. The highest BCUT2D eigenvalue weighted by Gasteiger charge is 2.42. The Labute approximate surface area is 206 Å². The summed E-state index contributed by atoms with van der Waals surface area (Å²) in [5.41, 5.74) is 1.84. The average molecular weight is 494 g/mol. The zero-order valence-corrected chi connectivity index (χ0v) is 20.0. The zero-order valence-electron chi connectivity index (χ0n) is 17.6. The van der Waals surface area contributed by atoms with Gasteiger partial charge in [-0.25, -0.2) is 0 Å². The van der Waals surface area contributed by atoms with Gasteiger partial charge < -0.3 is 19.4 Å². The topological polar surface area (TPSA) is 50.5 Å². The van der Waals surface area contributed by atoms with Gasteiger partial charge in [0.05, 0.1) is 18.8 Å². The van der Waals surface area contributed by atoms with Gasteiger partial charge in [0.1, 0.15) is 17.6 Å². The monoisotopic (exact) mass is 493 g/mol. The lowest BCUT2D eigenvalue weighted by Crippen LogP contribution is -2.29. The average Bonchev–Trinajstić information content (AvgIpc) is 3.45. The third kappa shape index (κ3) is 4.57. The molecule has 2 aromatic heterocycles. The molecule has 2 aromatic carbocycles. The second kappa shape index (κ2) is 9.47. The quantitative estimate of drug-likeness (QED) is 0.301. The van der Waals surface area contributed by atoms with E-state index >= 15 is 0 Å². The third-order valence-electron chi connectivity index (χ3n) is 5.37. The van der Waals surface area contributed by atoms with Gasteiger partial charge in [-0.15, -0.1) is 0 Å². The summed E-state index contributed by atoms with van der Waals surface area (Å²) in [6, 6.07) is 25.0. The van der Waals surface area contributed by atoms with E-state index in [0.717, 1.165) is 32.9 Å². The molecule has 33 heavy (non-hydrogen) atoms. The number of pyridine rings is 1. The van der Waals surface area contributed by atoms with Crippen LogP contribution in [0.3, 0.4) is 0 Å². The molecule has 0 aliphatic carbocycles. The van der Waals surface area contributed by atoms with E-state index in [-0.39, 0.29) is 12.1 Å². The van der Waals surface area contributed by atoms with Gasteiger partial charge in [-0.1, -0.05) is 29.4 Å². The first-order valence-electron chi connectivity index (χ1n) is 10.3. The predicted molar refractivity (Wildman–Crippen MR) is 135 cm³/mol. The first kappa shape index (κ1) is 21.8. The highest BCUT2D eigenvalue weighted by molar-refractivity contribution is 7.99. The van der Waals surface area contributed by atoms with Gasteiger partial charge in [0.2, 0.25) is 0 Å². The van der Waals surface area contributed by atoms with Crippen LogP contribution >= 0.6 is 35.6 Å². The van der Waals surface area contributed by atoms with E-state index in [1.54, 1.807) is 25.1 Å². The van der Waals surface area contributed by atoms with Gasteiger partial charge in [-0.3, -0.25) is 4.98 Å². The Kier molecular flexibility index (Phi) is 6.26. The summed E-state index contributed by atoms with van der Waals surface area (Å²) >= 11 is 13.3. The lowest BCUT2D eigenvalue weighted by atomic mass is 10.0. The molecule has 0 radical (unpaired) electrons. The Balaban J connectivity index is 1.51. The molecule has 0 spiro atoms. The van der Waals surface area contributed by atoms with Crippen molar-refractivity contribution in [1.29, 1.82) is 0 Å². The molecule has 2 unspecified atom stereocenters. The fourth-order valence-electron chi connectivity index (χ4n) is 3.83. The molecule has 0 bridgehead atoms. The normalized spacial score (nSPS) is 17.8. The molecule has 5 rings (SSSR count). The lowest BCUT2D eigenvalue weighted by molar-refractivity contribution is 0.383. The molecular formula is C25H20ClN3O2S2. The first-order chi connectivity index (χ1) is 16.1. The summed E-state index contributed by atoms with van der Waals surface area (Å²) in [7, 11) is 1.65. The molecule has 4 aromatic rings. The first-order valence-corrected chi connectivity index (χ1v) is 11.9. The zero-order chi connectivity index (χ0) is 22.8. The number of furan rings is 1. The van der Waals surface area contributed by atoms with Crippen LogP contribution in [0.4, 0.5) is 5.69 Å². The second-order valence-electron chi connectivity index (χ2n) is 7.41. The number of hydrogen-bond donors (Lipinski definition) is 1. The summed E-state index contributed by atoms with van der Waals surface area (Å²) in [6.07, 6.45) is 1.79. The molecule has 1 fully saturated rings. The van der Waals surface area contributed by atoms with Crippen molar-refractivity contribution in [3.05, 3.63) is 102 Å². The highest BCUT2D eigenvalue weighted by Crippen LogP contribution is 2.43. The fourth-order valence-corrected chi connectivity index (χ4v) is 5.08. The van der Waals surface area contributed by atoms with Crippen molar-refractivity contribution in [1.82, 2.24) is 10.3 Å². The number of rotatable bonds is 6. The van der Waals surface area contributed by atoms with E-state index in [0.29, 0.717) is 10.1 Å². The summed E-state index contributed by atoms with van der Waals surface area (Å²) < 4.78 is 11.7. The van der Waals surface area contributed by atoms with E-state index in [1.807, 2.05) is 78.9 Å². The fraction of sp³-hybridized carbons (Fsp3) is 0.120. The van der Waals surface area contributed by atoms with Crippen LogP contribution in [0.5, 0.6) is 5.75 Å². The number of aromatic nitrogens is 1. The molecule has 0 amide bonds. The Bertz CT molecular complexity index is 1250. The maximum atomic E-state index is 6.33. The summed E-state index contributed by atoms with van der Waals surface area (Å²) in [5, 5.41) is 5.56. The van der Waals surface area contributed by atoms with E-state index in [1.165, 1.54) is 0 Å². The molecule has 1 saturated heterocycles. The highest BCUT2D eigenvalue weighted by atomic mass is 35.5. The standard InChI is InChI=1S/C25H20ClN3O2S2/c1-30-18-9-7-17(8-10-18)29-24(23(28-25(29)32)20-4-2-3-15-27-20)21-13-14-22(31-21)33-19-11-5-16(26)6-12-19/h2-15,23-24H,1H3,(H,28,32). The van der Waals surface area contributed by atoms with Gasteiger partial charge in [-0.2, -0.15) is 0 Å². The minimum absolute atomic E-state index is 0.166. The van der Waals surface area contributed by atoms with Crippen molar-refractivity contribution in [3.63, 3.8) is 0 Å². The van der Waals surface area contributed by atoms with Crippen LogP contribution in [0.25, 0.3) is 0 Å². The third-order valence-corrected chi connectivity index (χ3v) is 6.87. The van der Waals surface area contributed by atoms with Crippen molar-refractivity contribution >= 4 is 46.4 Å². The van der Waals surface area contributed by atoms with Crippen LogP contribution in [0.2, 0.25) is 5.02 Å². The maximum absolute atomic E-state index is 6.33. The SMILES string of the molecule is COc1ccc(N2C(=S)NC(c3ccccn3)C2c2ccc(Sc3ccc(Cl)cc3)o2)cc1. The van der Waals surface area contributed by atoms with Gasteiger partial charge in [0, 0.05) is 21.8 Å². The molecule has 8 heteroatoms. The number of benzene rings is 2. The number of halogens is 1. The molecule has 166 valence electrons. The Morgan fingerprint density at radius 1 is 1.03 bits per heavy atom. The van der Waals surface area contributed by atoms with Crippen molar-refractivity contribution in [2.45, 2.75) is 22.1 Å².